The molecule has 0 spiro atoms. The van der Waals surface area contributed by atoms with E-state index in [4.69, 9.17) is 4.43 Å². The maximum Gasteiger partial charge on any atom is 0.261 e. The van der Waals surface area contributed by atoms with E-state index in [1.165, 1.54) is 10.4 Å². The number of nitrogens with one attached hydrogen (secondary N) is 1. The molecule has 3 nitrogen and oxygen atoms in total. The Morgan fingerprint density at radius 3 is 1.75 bits per heavy atom. The molecule has 0 bridgehead atoms. The highest BCUT2D eigenvalue weighted by Crippen LogP contribution is 2.58. The van der Waals surface area contributed by atoms with Crippen molar-refractivity contribution in [1.82, 2.24) is 4.72 Å². The Balaban J connectivity index is 1.52. The Bertz CT molecular complexity index is 884. The maximum atomic E-state index is 12.4. The lowest BCUT2D eigenvalue weighted by Gasteiger charge is -2.45. The normalized spacial score (nSPS) is 26.6. The minimum Gasteiger partial charge on any atom is -0.404 e. The van der Waals surface area contributed by atoms with Gasteiger partial charge in [0.2, 0.25) is 0 Å². The number of fused-ring (bicyclic) bond motifs is 1. The largest absolute Gasteiger partial charge is 0.404 e. The van der Waals surface area contributed by atoms with Crippen LogP contribution >= 0.6 is 0 Å². The third-order valence-corrected chi connectivity index (χ3v) is 14.0. The fourth-order valence-corrected chi connectivity index (χ4v) is 11.1. The molecule has 174 valence electrons. The number of benzene rings is 2. The van der Waals surface area contributed by atoms with Gasteiger partial charge in [-0.15, -0.1) is 0 Å². The van der Waals surface area contributed by atoms with E-state index in [1.807, 2.05) is 20.8 Å². The highest BCUT2D eigenvalue weighted by molar-refractivity contribution is 7.84. The molecule has 0 aliphatic heterocycles. The molecule has 0 saturated heterocycles. The molecule has 5 heteroatoms. The first kappa shape index (κ1) is 23.9. The summed E-state index contributed by atoms with van der Waals surface area (Å²) in [5.74, 6) is 2.07. The first-order valence-corrected chi connectivity index (χ1v) is 15.0. The van der Waals surface area contributed by atoms with Crippen LogP contribution in [0.15, 0.2) is 60.7 Å². The first-order chi connectivity index (χ1) is 15.0. The van der Waals surface area contributed by atoms with Crippen LogP contribution in [0.25, 0.3) is 0 Å². The summed E-state index contributed by atoms with van der Waals surface area (Å²) in [7, 11) is -3.46. The molecular weight excluding hydrogens is 430 g/mol. The van der Waals surface area contributed by atoms with E-state index in [2.05, 4.69) is 86.2 Å². The van der Waals surface area contributed by atoms with Gasteiger partial charge >= 0.3 is 0 Å². The molecule has 0 radical (unpaired) electrons. The van der Waals surface area contributed by atoms with Gasteiger partial charge in [0.1, 0.15) is 0 Å². The fraction of sp³-hybridized carbons (Fsp3) is 0.556. The molecule has 5 atom stereocenters. The van der Waals surface area contributed by atoms with Crippen LogP contribution in [0.1, 0.15) is 54.4 Å². The number of hydrogen-bond donors (Lipinski definition) is 1. The summed E-state index contributed by atoms with van der Waals surface area (Å²) in [5, 5.41) is 2.74. The molecule has 0 heterocycles. The zero-order chi connectivity index (χ0) is 23.1. The van der Waals surface area contributed by atoms with Gasteiger partial charge in [-0.2, -0.15) is 0 Å². The predicted molar refractivity (Wildman–Crippen MR) is 138 cm³/mol. The van der Waals surface area contributed by atoms with Crippen molar-refractivity contribution in [2.24, 2.45) is 17.8 Å². The van der Waals surface area contributed by atoms with Crippen molar-refractivity contribution >= 4 is 29.7 Å². The van der Waals surface area contributed by atoms with E-state index in [0.29, 0.717) is 23.9 Å². The molecule has 2 fully saturated rings. The van der Waals surface area contributed by atoms with Crippen LogP contribution in [0.4, 0.5) is 0 Å². The molecule has 2 aliphatic rings. The molecule has 4 rings (SSSR count). The smallest absolute Gasteiger partial charge is 0.261 e. The first-order valence-electron chi connectivity index (χ1n) is 12.0. The third kappa shape index (κ3) is 4.54. The van der Waals surface area contributed by atoms with E-state index in [1.54, 1.807) is 0 Å². The van der Waals surface area contributed by atoms with Gasteiger partial charge in [-0.1, -0.05) is 81.4 Å². The monoisotopic (exact) mass is 469 g/mol. The maximum absolute atomic E-state index is 12.4. The van der Waals surface area contributed by atoms with Crippen LogP contribution in [0.5, 0.6) is 0 Å². The fourth-order valence-electron chi connectivity index (χ4n) is 5.66. The molecule has 2 saturated carbocycles. The molecular formula is C27H39NO2SSi. The van der Waals surface area contributed by atoms with Crippen molar-refractivity contribution in [2.45, 2.75) is 70.3 Å². The van der Waals surface area contributed by atoms with Crippen LogP contribution in [-0.4, -0.2) is 29.9 Å². The van der Waals surface area contributed by atoms with Crippen molar-refractivity contribution in [3.8, 4) is 0 Å². The Morgan fingerprint density at radius 1 is 0.875 bits per heavy atom. The van der Waals surface area contributed by atoms with Gasteiger partial charge in [-0.05, 0) is 66.8 Å². The Labute approximate surface area is 198 Å². The van der Waals surface area contributed by atoms with Crippen LogP contribution in [0, 0.1) is 17.8 Å². The van der Waals surface area contributed by atoms with Gasteiger partial charge in [0.05, 0.1) is 15.7 Å². The molecule has 2 aromatic rings. The van der Waals surface area contributed by atoms with Crippen molar-refractivity contribution in [2.75, 3.05) is 6.54 Å². The lowest BCUT2D eigenvalue weighted by Crippen LogP contribution is -2.67. The average Bonchev–Trinajstić information content (AvgIpc) is 3.20. The second kappa shape index (κ2) is 8.82. The summed E-state index contributed by atoms with van der Waals surface area (Å²) >= 11 is 0. The van der Waals surface area contributed by atoms with Gasteiger partial charge in [0.15, 0.2) is 0 Å². The Kier molecular flexibility index (Phi) is 6.58. The van der Waals surface area contributed by atoms with E-state index >= 15 is 0 Å². The minimum atomic E-state index is -2.47. The Hall–Kier alpha value is -1.27. The summed E-state index contributed by atoms with van der Waals surface area (Å²) in [6, 6.07) is 21.9. The van der Waals surface area contributed by atoms with Crippen LogP contribution in [0.3, 0.4) is 0 Å². The van der Waals surface area contributed by atoms with Gasteiger partial charge in [-0.25, -0.2) is 8.93 Å². The molecule has 1 N–H and O–H groups in total. The van der Waals surface area contributed by atoms with E-state index in [0.717, 1.165) is 19.4 Å². The van der Waals surface area contributed by atoms with Crippen LogP contribution < -0.4 is 15.1 Å². The molecule has 3 unspecified atom stereocenters. The van der Waals surface area contributed by atoms with Gasteiger partial charge < -0.3 is 4.43 Å². The summed E-state index contributed by atoms with van der Waals surface area (Å²) in [6.07, 6.45) is 2.56. The minimum absolute atomic E-state index is 0.0209. The summed E-state index contributed by atoms with van der Waals surface area (Å²) in [4.78, 5) is 0. The van der Waals surface area contributed by atoms with Crippen molar-refractivity contribution in [1.29, 1.82) is 0 Å². The van der Waals surface area contributed by atoms with Gasteiger partial charge in [-0.3, -0.25) is 0 Å². The highest BCUT2D eigenvalue weighted by atomic mass is 32.2. The Morgan fingerprint density at radius 2 is 1.34 bits per heavy atom. The zero-order valence-electron chi connectivity index (χ0n) is 20.4. The zero-order valence-corrected chi connectivity index (χ0v) is 22.2. The summed E-state index contributed by atoms with van der Waals surface area (Å²) in [6.45, 7) is 14.0. The topological polar surface area (TPSA) is 38.3 Å². The lowest BCUT2D eigenvalue weighted by atomic mass is 10.1. The lowest BCUT2D eigenvalue weighted by molar-refractivity contribution is 0.173. The van der Waals surface area contributed by atoms with Gasteiger partial charge in [0.25, 0.3) is 8.32 Å². The van der Waals surface area contributed by atoms with Crippen LogP contribution in [0.2, 0.25) is 5.04 Å². The second-order valence-corrected chi connectivity index (χ2v) is 17.9. The molecule has 0 amide bonds. The van der Waals surface area contributed by atoms with E-state index < -0.39 is 19.3 Å². The quantitative estimate of drug-likeness (QED) is 0.600. The predicted octanol–water partition coefficient (Wildman–Crippen LogP) is 4.64. The highest BCUT2D eigenvalue weighted by Gasteiger charge is 2.59. The molecule has 2 aliphatic carbocycles. The standard InChI is InChI=1S/C27H39NO2SSi/c1-26(2,3)31(29)28-19-25-23-17-20(18-24(23)25)30-32(27(4,5)6,21-13-9-7-10-14-21)22-15-11-8-12-16-22/h7-16,20,23-25,28H,17-19H2,1-6H3/t20?,23-,24+,25?,31?. The molecule has 2 aromatic carbocycles. The second-order valence-electron chi connectivity index (χ2n) is 11.6. The van der Waals surface area contributed by atoms with Crippen molar-refractivity contribution < 1.29 is 8.63 Å². The number of rotatable bonds is 7. The number of hydrogen-bond acceptors (Lipinski definition) is 2. The SMILES string of the molecule is CC(C)(C)S(=O)NCC1[C@H]2CC(O[Si](c3ccccc3)(c3ccccc3)C(C)(C)C)C[C@@H]12. The third-order valence-electron chi connectivity index (χ3n) is 7.35. The van der Waals surface area contributed by atoms with Crippen molar-refractivity contribution in [3.05, 3.63) is 60.7 Å². The van der Waals surface area contributed by atoms with E-state index in [9.17, 15) is 4.21 Å². The van der Waals surface area contributed by atoms with Gasteiger partial charge in [0, 0.05) is 12.6 Å². The summed E-state index contributed by atoms with van der Waals surface area (Å²) < 4.78 is 22.8. The summed E-state index contributed by atoms with van der Waals surface area (Å²) in [5.41, 5.74) is 0. The molecule has 32 heavy (non-hydrogen) atoms. The van der Waals surface area contributed by atoms with Crippen molar-refractivity contribution in [3.63, 3.8) is 0 Å². The average molecular weight is 470 g/mol. The van der Waals surface area contributed by atoms with E-state index in [-0.39, 0.29) is 9.79 Å². The van der Waals surface area contributed by atoms with Crippen LogP contribution in [-0.2, 0) is 15.4 Å². The molecule has 0 aromatic heterocycles.